The number of rotatable bonds is 4. The van der Waals surface area contributed by atoms with Gasteiger partial charge in [-0.1, -0.05) is 25.5 Å². The molecule has 108 valence electrons. The summed E-state index contributed by atoms with van der Waals surface area (Å²) >= 11 is 7.55. The van der Waals surface area contributed by atoms with Crippen molar-refractivity contribution >= 4 is 33.2 Å². The van der Waals surface area contributed by atoms with Gasteiger partial charge in [-0.15, -0.1) is 11.3 Å². The van der Waals surface area contributed by atoms with Crippen molar-refractivity contribution in [2.75, 3.05) is 0 Å². The number of ether oxygens (including phenoxy) is 1. The lowest BCUT2D eigenvalue weighted by Gasteiger charge is -2.07. The summed E-state index contributed by atoms with van der Waals surface area (Å²) in [6, 6.07) is 10.1. The van der Waals surface area contributed by atoms with Crippen LogP contribution in [0.2, 0.25) is 5.28 Å². The molecule has 0 saturated heterocycles. The van der Waals surface area contributed by atoms with E-state index in [1.165, 1.54) is 5.56 Å². The van der Waals surface area contributed by atoms with Crippen molar-refractivity contribution in [2.45, 2.75) is 26.7 Å². The van der Waals surface area contributed by atoms with E-state index in [4.69, 9.17) is 16.3 Å². The molecule has 0 aliphatic carbocycles. The van der Waals surface area contributed by atoms with Gasteiger partial charge < -0.3 is 4.74 Å². The average molecular weight is 319 g/mol. The van der Waals surface area contributed by atoms with Crippen molar-refractivity contribution in [3.63, 3.8) is 0 Å². The van der Waals surface area contributed by atoms with Crippen LogP contribution in [0.15, 0.2) is 30.3 Å². The van der Waals surface area contributed by atoms with Crippen LogP contribution in [-0.4, -0.2) is 9.97 Å². The molecule has 3 aromatic rings. The molecule has 2 aromatic heterocycles. The first-order chi connectivity index (χ1) is 10.2. The van der Waals surface area contributed by atoms with E-state index in [-0.39, 0.29) is 5.28 Å². The fraction of sp³-hybridized carbons (Fsp3) is 0.250. The minimum absolute atomic E-state index is 0.210. The van der Waals surface area contributed by atoms with Gasteiger partial charge in [0, 0.05) is 4.88 Å². The van der Waals surface area contributed by atoms with E-state index in [1.807, 2.05) is 25.1 Å². The Morgan fingerprint density at radius 3 is 2.67 bits per heavy atom. The van der Waals surface area contributed by atoms with Gasteiger partial charge in [0.1, 0.15) is 10.6 Å². The summed E-state index contributed by atoms with van der Waals surface area (Å²) in [6.45, 7) is 4.20. The highest BCUT2D eigenvalue weighted by atomic mass is 35.5. The quantitative estimate of drug-likeness (QED) is 0.604. The number of nitrogens with zero attached hydrogens (tertiary/aromatic N) is 2. The summed E-state index contributed by atoms with van der Waals surface area (Å²) < 4.78 is 5.89. The second-order valence-corrected chi connectivity index (χ2v) is 6.44. The topological polar surface area (TPSA) is 35.0 Å². The number of fused-ring (bicyclic) bond motifs is 1. The van der Waals surface area contributed by atoms with Crippen molar-refractivity contribution < 1.29 is 4.74 Å². The SMILES string of the molecule is CCCc1ccc(Oc2nc(Cl)nc3sc(C)cc23)cc1. The van der Waals surface area contributed by atoms with Crippen molar-refractivity contribution in [2.24, 2.45) is 0 Å². The molecule has 21 heavy (non-hydrogen) atoms. The number of aromatic nitrogens is 2. The Morgan fingerprint density at radius 1 is 1.19 bits per heavy atom. The van der Waals surface area contributed by atoms with Gasteiger partial charge in [-0.2, -0.15) is 4.98 Å². The Labute approximate surface area is 132 Å². The first-order valence-electron chi connectivity index (χ1n) is 6.86. The molecular formula is C16H15ClN2OS. The molecule has 5 heteroatoms. The van der Waals surface area contributed by atoms with Crippen molar-refractivity contribution in [3.8, 4) is 11.6 Å². The van der Waals surface area contributed by atoms with Crippen LogP contribution in [0.5, 0.6) is 11.6 Å². The molecule has 0 amide bonds. The maximum Gasteiger partial charge on any atom is 0.232 e. The molecule has 0 aliphatic heterocycles. The Balaban J connectivity index is 1.93. The molecule has 0 atom stereocenters. The van der Waals surface area contributed by atoms with E-state index in [9.17, 15) is 0 Å². The number of aryl methyl sites for hydroxylation is 2. The van der Waals surface area contributed by atoms with Crippen LogP contribution in [-0.2, 0) is 6.42 Å². The van der Waals surface area contributed by atoms with E-state index in [1.54, 1.807) is 11.3 Å². The van der Waals surface area contributed by atoms with Gasteiger partial charge in [-0.25, -0.2) is 4.98 Å². The molecule has 0 N–H and O–H groups in total. The van der Waals surface area contributed by atoms with Gasteiger partial charge in [0.15, 0.2) is 0 Å². The summed E-state index contributed by atoms with van der Waals surface area (Å²) in [7, 11) is 0. The largest absolute Gasteiger partial charge is 0.438 e. The maximum absolute atomic E-state index is 5.97. The van der Waals surface area contributed by atoms with Crippen molar-refractivity contribution in [3.05, 3.63) is 46.1 Å². The molecule has 0 bridgehead atoms. The maximum atomic E-state index is 5.97. The van der Waals surface area contributed by atoms with Crippen LogP contribution in [0.3, 0.4) is 0 Å². The third-order valence-electron chi connectivity index (χ3n) is 3.13. The monoisotopic (exact) mass is 318 g/mol. The lowest BCUT2D eigenvalue weighted by atomic mass is 10.1. The number of hydrogen-bond acceptors (Lipinski definition) is 4. The summed E-state index contributed by atoms with van der Waals surface area (Å²) in [6.07, 6.45) is 2.21. The Kier molecular flexibility index (Phi) is 4.08. The van der Waals surface area contributed by atoms with Crippen LogP contribution in [0.4, 0.5) is 0 Å². The van der Waals surface area contributed by atoms with Crippen molar-refractivity contribution in [1.29, 1.82) is 0 Å². The van der Waals surface area contributed by atoms with Gasteiger partial charge in [0.2, 0.25) is 11.2 Å². The van der Waals surface area contributed by atoms with E-state index < -0.39 is 0 Å². The zero-order valence-corrected chi connectivity index (χ0v) is 13.5. The smallest absolute Gasteiger partial charge is 0.232 e. The molecule has 0 saturated carbocycles. The van der Waals surface area contributed by atoms with Crippen LogP contribution < -0.4 is 4.74 Å². The molecule has 0 unspecified atom stereocenters. The highest BCUT2D eigenvalue weighted by molar-refractivity contribution is 7.18. The molecule has 1 aromatic carbocycles. The third kappa shape index (κ3) is 3.17. The van der Waals surface area contributed by atoms with Crippen molar-refractivity contribution in [1.82, 2.24) is 9.97 Å². The van der Waals surface area contributed by atoms with E-state index in [2.05, 4.69) is 29.0 Å². The fourth-order valence-corrected chi connectivity index (χ4v) is 3.27. The molecule has 0 radical (unpaired) electrons. The predicted octanol–water partition coefficient (Wildman–Crippen LogP) is 5.40. The van der Waals surface area contributed by atoms with Gasteiger partial charge in [-0.05, 0) is 48.7 Å². The lowest BCUT2D eigenvalue weighted by molar-refractivity contribution is 0.468. The van der Waals surface area contributed by atoms with E-state index in [0.717, 1.165) is 33.7 Å². The lowest BCUT2D eigenvalue weighted by Crippen LogP contribution is -1.91. The number of halogens is 1. The van der Waals surface area contributed by atoms with Crippen LogP contribution in [0, 0.1) is 6.92 Å². The predicted molar refractivity (Wildman–Crippen MR) is 87.7 cm³/mol. The van der Waals surface area contributed by atoms with E-state index >= 15 is 0 Å². The standard InChI is InChI=1S/C16H15ClN2OS/c1-3-4-11-5-7-12(8-6-11)20-14-13-9-10(2)21-15(13)19-16(17)18-14/h5-9H,3-4H2,1-2H3. The molecule has 2 heterocycles. The van der Waals surface area contributed by atoms with Crippen LogP contribution in [0.25, 0.3) is 10.2 Å². The molecule has 0 aliphatic rings. The normalized spacial score (nSPS) is 11.0. The summed E-state index contributed by atoms with van der Waals surface area (Å²) in [5, 5.41) is 1.11. The third-order valence-corrected chi connectivity index (χ3v) is 4.24. The Bertz CT molecular complexity index is 768. The molecule has 0 spiro atoms. The first-order valence-corrected chi connectivity index (χ1v) is 8.05. The molecule has 0 fully saturated rings. The molecule has 3 rings (SSSR count). The second-order valence-electron chi connectivity index (χ2n) is 4.87. The zero-order valence-electron chi connectivity index (χ0n) is 11.9. The highest BCUT2D eigenvalue weighted by Crippen LogP contribution is 2.33. The second kappa shape index (κ2) is 6.00. The number of thiophene rings is 1. The zero-order chi connectivity index (χ0) is 14.8. The number of benzene rings is 1. The van der Waals surface area contributed by atoms with Gasteiger partial charge in [0.25, 0.3) is 0 Å². The van der Waals surface area contributed by atoms with Crippen LogP contribution >= 0.6 is 22.9 Å². The Morgan fingerprint density at radius 2 is 1.95 bits per heavy atom. The number of hydrogen-bond donors (Lipinski definition) is 0. The summed E-state index contributed by atoms with van der Waals surface area (Å²) in [5.74, 6) is 1.27. The highest BCUT2D eigenvalue weighted by Gasteiger charge is 2.11. The minimum atomic E-state index is 0.210. The Hall–Kier alpha value is -1.65. The summed E-state index contributed by atoms with van der Waals surface area (Å²) in [4.78, 5) is 10.4. The minimum Gasteiger partial charge on any atom is -0.438 e. The first kappa shape index (κ1) is 14.3. The van der Waals surface area contributed by atoms with Gasteiger partial charge in [-0.3, -0.25) is 0 Å². The van der Waals surface area contributed by atoms with Crippen LogP contribution in [0.1, 0.15) is 23.8 Å². The molecule has 3 nitrogen and oxygen atoms in total. The van der Waals surface area contributed by atoms with E-state index in [0.29, 0.717) is 5.88 Å². The average Bonchev–Trinajstić information content (AvgIpc) is 2.81. The van der Waals surface area contributed by atoms with Gasteiger partial charge in [0.05, 0.1) is 5.39 Å². The molecular weight excluding hydrogens is 304 g/mol. The van der Waals surface area contributed by atoms with Gasteiger partial charge >= 0.3 is 0 Å². The summed E-state index contributed by atoms with van der Waals surface area (Å²) in [5.41, 5.74) is 1.31. The fourth-order valence-electron chi connectivity index (χ4n) is 2.19.